The van der Waals surface area contributed by atoms with Crippen molar-refractivity contribution in [2.24, 2.45) is 0 Å². The molecule has 1 aromatic carbocycles. The summed E-state index contributed by atoms with van der Waals surface area (Å²) >= 11 is 0. The average molecular weight is 228 g/mol. The lowest BCUT2D eigenvalue weighted by atomic mass is 9.88. The van der Waals surface area contributed by atoms with Crippen molar-refractivity contribution in [1.82, 2.24) is 0 Å². The van der Waals surface area contributed by atoms with Gasteiger partial charge in [0.15, 0.2) is 0 Å². The van der Waals surface area contributed by atoms with Crippen LogP contribution < -0.4 is 0 Å². The minimum Gasteiger partial charge on any atom is -0.392 e. The maximum atomic E-state index is 12.5. The van der Waals surface area contributed by atoms with Crippen LogP contribution in [0.4, 0.5) is 13.2 Å². The maximum absolute atomic E-state index is 12.5. The zero-order chi connectivity index (χ0) is 11.5. The van der Waals surface area contributed by atoms with Crippen LogP contribution in [0.3, 0.4) is 0 Å². The third-order valence-electron chi connectivity index (χ3n) is 3.78. The van der Waals surface area contributed by atoms with Gasteiger partial charge in [0, 0.05) is 5.92 Å². The molecule has 0 aliphatic heterocycles. The van der Waals surface area contributed by atoms with Crippen molar-refractivity contribution in [3.8, 4) is 0 Å². The van der Waals surface area contributed by atoms with E-state index >= 15 is 0 Å². The molecular formula is C12H11F3O. The lowest BCUT2D eigenvalue weighted by molar-refractivity contribution is -0.137. The lowest BCUT2D eigenvalue weighted by Gasteiger charge is -2.21. The van der Waals surface area contributed by atoms with Gasteiger partial charge in [0.1, 0.15) is 0 Å². The van der Waals surface area contributed by atoms with Crippen LogP contribution in [0.5, 0.6) is 0 Å². The van der Waals surface area contributed by atoms with Gasteiger partial charge in [0.05, 0.1) is 11.7 Å². The molecule has 1 saturated carbocycles. The molecule has 4 heteroatoms. The van der Waals surface area contributed by atoms with E-state index < -0.39 is 11.7 Å². The Bertz CT molecular complexity index is 438. The third kappa shape index (κ3) is 1.29. The van der Waals surface area contributed by atoms with Crippen molar-refractivity contribution >= 4 is 0 Å². The van der Waals surface area contributed by atoms with Crippen LogP contribution in [0.15, 0.2) is 18.2 Å². The Labute approximate surface area is 90.9 Å². The van der Waals surface area contributed by atoms with Crippen LogP contribution in [0.2, 0.25) is 0 Å². The van der Waals surface area contributed by atoms with E-state index in [1.54, 1.807) is 0 Å². The molecule has 0 amide bonds. The van der Waals surface area contributed by atoms with Gasteiger partial charge < -0.3 is 5.11 Å². The van der Waals surface area contributed by atoms with Gasteiger partial charge in [-0.1, -0.05) is 6.07 Å². The molecule has 2 bridgehead atoms. The van der Waals surface area contributed by atoms with Crippen molar-refractivity contribution in [2.45, 2.75) is 37.0 Å². The highest BCUT2D eigenvalue weighted by molar-refractivity contribution is 5.45. The van der Waals surface area contributed by atoms with E-state index in [0.717, 1.165) is 23.6 Å². The van der Waals surface area contributed by atoms with Crippen molar-refractivity contribution in [3.05, 3.63) is 34.9 Å². The number of aliphatic hydroxyl groups excluding tert-OH is 1. The Morgan fingerprint density at radius 2 is 1.88 bits per heavy atom. The van der Waals surface area contributed by atoms with Crippen molar-refractivity contribution in [3.63, 3.8) is 0 Å². The lowest BCUT2D eigenvalue weighted by Crippen LogP contribution is -2.16. The second kappa shape index (κ2) is 3.00. The summed E-state index contributed by atoms with van der Waals surface area (Å²) in [5.41, 5.74) is 1.13. The van der Waals surface area contributed by atoms with E-state index in [1.807, 2.05) is 0 Å². The molecule has 2 aliphatic carbocycles. The SMILES string of the molecule is O[C@@H]1C[C@@H]2C[C@H]1c1ccc(C(F)(F)F)cc12. The number of alkyl halides is 3. The van der Waals surface area contributed by atoms with Gasteiger partial charge >= 0.3 is 6.18 Å². The van der Waals surface area contributed by atoms with Gasteiger partial charge in [-0.05, 0) is 42.0 Å². The molecule has 16 heavy (non-hydrogen) atoms. The summed E-state index contributed by atoms with van der Waals surface area (Å²) in [4.78, 5) is 0. The number of rotatable bonds is 0. The fourth-order valence-electron chi connectivity index (χ4n) is 3.05. The minimum absolute atomic E-state index is 0.0577. The van der Waals surface area contributed by atoms with E-state index in [2.05, 4.69) is 0 Å². The normalized spacial score (nSPS) is 31.9. The molecule has 1 fully saturated rings. The summed E-state index contributed by atoms with van der Waals surface area (Å²) < 4.78 is 37.6. The van der Waals surface area contributed by atoms with Gasteiger partial charge in [-0.3, -0.25) is 0 Å². The summed E-state index contributed by atoms with van der Waals surface area (Å²) in [5, 5.41) is 9.67. The number of hydrogen-bond acceptors (Lipinski definition) is 1. The first-order valence-corrected chi connectivity index (χ1v) is 5.36. The van der Waals surface area contributed by atoms with E-state index in [4.69, 9.17) is 0 Å². The van der Waals surface area contributed by atoms with Crippen LogP contribution in [-0.2, 0) is 6.18 Å². The molecule has 0 heterocycles. The van der Waals surface area contributed by atoms with Gasteiger partial charge in [0.2, 0.25) is 0 Å². The molecule has 1 N–H and O–H groups in total. The van der Waals surface area contributed by atoms with Gasteiger partial charge in [-0.25, -0.2) is 0 Å². The highest BCUT2D eigenvalue weighted by Gasteiger charge is 2.44. The zero-order valence-electron chi connectivity index (χ0n) is 8.46. The van der Waals surface area contributed by atoms with E-state index in [1.165, 1.54) is 12.1 Å². The molecule has 0 aromatic heterocycles. The summed E-state index contributed by atoms with van der Waals surface area (Å²) in [5.74, 6) is 0.180. The number of benzene rings is 1. The highest BCUT2D eigenvalue weighted by atomic mass is 19.4. The molecule has 0 unspecified atom stereocenters. The smallest absolute Gasteiger partial charge is 0.392 e. The Morgan fingerprint density at radius 1 is 1.12 bits per heavy atom. The van der Waals surface area contributed by atoms with Gasteiger partial charge in [0.25, 0.3) is 0 Å². The molecule has 0 radical (unpaired) electrons. The van der Waals surface area contributed by atoms with Crippen LogP contribution in [0.1, 0.15) is 41.4 Å². The standard InChI is InChI=1S/C12H11F3O/c13-12(14,15)7-1-2-8-9(5-7)6-3-10(8)11(16)4-6/h1-2,5-6,10-11,16H,3-4H2/t6-,10-,11+/m0/s1. The van der Waals surface area contributed by atoms with E-state index in [9.17, 15) is 18.3 Å². The first-order valence-electron chi connectivity index (χ1n) is 5.36. The van der Waals surface area contributed by atoms with Crippen LogP contribution in [-0.4, -0.2) is 11.2 Å². The van der Waals surface area contributed by atoms with Crippen molar-refractivity contribution in [2.75, 3.05) is 0 Å². The number of halogens is 3. The number of hydrogen-bond donors (Lipinski definition) is 1. The molecule has 1 aromatic rings. The molecular weight excluding hydrogens is 217 g/mol. The Morgan fingerprint density at radius 3 is 2.56 bits per heavy atom. The second-order valence-corrected chi connectivity index (χ2v) is 4.68. The monoisotopic (exact) mass is 228 g/mol. The summed E-state index contributed by atoms with van der Waals surface area (Å²) in [7, 11) is 0. The molecule has 1 nitrogen and oxygen atoms in total. The van der Waals surface area contributed by atoms with Gasteiger partial charge in [-0.2, -0.15) is 13.2 Å². The second-order valence-electron chi connectivity index (χ2n) is 4.68. The topological polar surface area (TPSA) is 20.2 Å². The number of fused-ring (bicyclic) bond motifs is 5. The minimum atomic E-state index is -4.27. The fraction of sp³-hybridized carbons (Fsp3) is 0.500. The maximum Gasteiger partial charge on any atom is 0.416 e. The predicted molar refractivity (Wildman–Crippen MR) is 52.2 cm³/mol. The molecule has 3 atom stereocenters. The van der Waals surface area contributed by atoms with Crippen LogP contribution >= 0.6 is 0 Å². The highest BCUT2D eigenvalue weighted by Crippen LogP contribution is 2.53. The van der Waals surface area contributed by atoms with E-state index in [0.29, 0.717) is 6.42 Å². The summed E-state index contributed by atoms with van der Waals surface area (Å²) in [6, 6.07) is 3.91. The summed E-state index contributed by atoms with van der Waals surface area (Å²) in [6.07, 6.45) is -3.22. The Balaban J connectivity index is 2.06. The zero-order valence-corrected chi connectivity index (χ0v) is 8.46. The molecule has 86 valence electrons. The quantitative estimate of drug-likeness (QED) is 0.723. The number of aliphatic hydroxyl groups is 1. The predicted octanol–water partition coefficient (Wildman–Crippen LogP) is 3.04. The van der Waals surface area contributed by atoms with E-state index in [-0.39, 0.29) is 17.9 Å². The van der Waals surface area contributed by atoms with Crippen molar-refractivity contribution in [1.29, 1.82) is 0 Å². The molecule has 2 aliphatic rings. The Kier molecular flexibility index (Phi) is 1.90. The van der Waals surface area contributed by atoms with Crippen LogP contribution in [0, 0.1) is 0 Å². The van der Waals surface area contributed by atoms with Crippen molar-refractivity contribution < 1.29 is 18.3 Å². The average Bonchev–Trinajstić information content (AvgIpc) is 2.73. The fourth-order valence-corrected chi connectivity index (χ4v) is 3.05. The first-order chi connectivity index (χ1) is 7.47. The summed E-state index contributed by atoms with van der Waals surface area (Å²) in [6.45, 7) is 0. The third-order valence-corrected chi connectivity index (χ3v) is 3.78. The molecule has 3 rings (SSSR count). The molecule has 0 spiro atoms. The first kappa shape index (κ1) is 10.1. The van der Waals surface area contributed by atoms with Gasteiger partial charge in [-0.15, -0.1) is 0 Å². The Hall–Kier alpha value is -1.03. The largest absolute Gasteiger partial charge is 0.416 e. The molecule has 0 saturated heterocycles. The van der Waals surface area contributed by atoms with Crippen LogP contribution in [0.25, 0.3) is 0 Å².